The molecule has 0 atom stereocenters. The van der Waals surface area contributed by atoms with Gasteiger partial charge in [0.1, 0.15) is 5.02 Å². The summed E-state index contributed by atoms with van der Waals surface area (Å²) in [6.45, 7) is 0. The Morgan fingerprint density at radius 1 is 1.32 bits per heavy atom. The second kappa shape index (κ2) is 7.00. The topological polar surface area (TPSA) is 76.3 Å². The van der Waals surface area contributed by atoms with Crippen LogP contribution in [-0.4, -0.2) is 22.9 Å². The van der Waals surface area contributed by atoms with Crippen molar-refractivity contribution in [2.75, 3.05) is 11.9 Å². The van der Waals surface area contributed by atoms with Crippen LogP contribution in [0.15, 0.2) is 48.5 Å². The van der Waals surface area contributed by atoms with Crippen molar-refractivity contribution in [2.24, 2.45) is 0 Å². The molecule has 0 aliphatic rings. The van der Waals surface area contributed by atoms with Gasteiger partial charge in [-0.3, -0.25) is 19.8 Å². The first-order chi connectivity index (χ1) is 12.0. The molecule has 3 aromatic rings. The minimum atomic E-state index is -0.561. The normalized spacial score (nSPS) is 11.1. The third-order valence-corrected chi connectivity index (χ3v) is 4.92. The molecule has 2 aromatic carbocycles. The first-order valence-electron chi connectivity index (χ1n) is 7.21. The largest absolute Gasteiger partial charge is 0.288 e. The molecule has 25 heavy (non-hydrogen) atoms. The van der Waals surface area contributed by atoms with Crippen LogP contribution in [-0.2, 0) is 4.79 Å². The van der Waals surface area contributed by atoms with Crippen molar-refractivity contribution in [1.29, 1.82) is 0 Å². The fourth-order valence-corrected chi connectivity index (χ4v) is 3.27. The zero-order chi connectivity index (χ0) is 18.0. The summed E-state index contributed by atoms with van der Waals surface area (Å²) in [5, 5.41) is 11.5. The molecule has 0 aliphatic heterocycles. The summed E-state index contributed by atoms with van der Waals surface area (Å²) in [4.78, 5) is 28.5. The van der Waals surface area contributed by atoms with Crippen molar-refractivity contribution < 1.29 is 9.72 Å². The quantitative estimate of drug-likeness (QED) is 0.382. The maximum Gasteiger partial charge on any atom is 0.288 e. The van der Waals surface area contributed by atoms with E-state index in [1.165, 1.54) is 40.5 Å². The van der Waals surface area contributed by atoms with E-state index in [2.05, 4.69) is 4.98 Å². The third-order valence-electron chi connectivity index (χ3n) is 3.49. The van der Waals surface area contributed by atoms with Gasteiger partial charge in [-0.05, 0) is 29.8 Å². The highest BCUT2D eigenvalue weighted by Gasteiger charge is 2.14. The number of nitrogens with zero attached hydrogens (tertiary/aromatic N) is 3. The van der Waals surface area contributed by atoms with Crippen molar-refractivity contribution in [1.82, 2.24) is 4.98 Å². The number of rotatable bonds is 4. The van der Waals surface area contributed by atoms with Crippen LogP contribution in [0.1, 0.15) is 5.56 Å². The highest BCUT2D eigenvalue weighted by molar-refractivity contribution is 7.22. The van der Waals surface area contributed by atoms with Crippen molar-refractivity contribution in [3.63, 3.8) is 0 Å². The molecule has 0 saturated carbocycles. The number of anilines is 1. The predicted octanol–water partition coefficient (Wildman–Crippen LogP) is 4.53. The number of amides is 1. The Morgan fingerprint density at radius 3 is 2.80 bits per heavy atom. The number of fused-ring (bicyclic) bond motifs is 1. The molecule has 1 heterocycles. The van der Waals surface area contributed by atoms with E-state index in [0.29, 0.717) is 10.7 Å². The SMILES string of the molecule is CN(C(=O)/C=C/c1ccc(Cl)c([N+](=O)[O-])c1)c1nc2ccccc2s1. The van der Waals surface area contributed by atoms with Crippen LogP contribution in [0.25, 0.3) is 16.3 Å². The van der Waals surface area contributed by atoms with Gasteiger partial charge < -0.3 is 0 Å². The van der Waals surface area contributed by atoms with E-state index in [4.69, 9.17) is 11.6 Å². The van der Waals surface area contributed by atoms with Gasteiger partial charge in [-0.2, -0.15) is 0 Å². The minimum absolute atomic E-state index is 0.0556. The molecule has 0 fully saturated rings. The van der Waals surface area contributed by atoms with Crippen LogP contribution >= 0.6 is 22.9 Å². The van der Waals surface area contributed by atoms with Crippen LogP contribution in [0.4, 0.5) is 10.8 Å². The van der Waals surface area contributed by atoms with Gasteiger partial charge in [-0.15, -0.1) is 0 Å². The number of hydrogen-bond acceptors (Lipinski definition) is 5. The molecule has 0 unspecified atom stereocenters. The van der Waals surface area contributed by atoms with Gasteiger partial charge in [-0.25, -0.2) is 4.98 Å². The Hall–Kier alpha value is -2.77. The van der Waals surface area contributed by atoms with E-state index in [-0.39, 0.29) is 16.6 Å². The fraction of sp³-hybridized carbons (Fsp3) is 0.0588. The average Bonchev–Trinajstić information content (AvgIpc) is 3.03. The molecular formula is C17H12ClN3O3S. The Morgan fingerprint density at radius 2 is 2.08 bits per heavy atom. The number of nitro benzene ring substituents is 1. The standard InChI is InChI=1S/C17H12ClN3O3S/c1-20(17-19-13-4-2-3-5-15(13)25-17)16(22)9-7-11-6-8-12(18)14(10-11)21(23)24/h2-10H,1H3/b9-7+. The molecule has 0 radical (unpaired) electrons. The molecule has 1 amide bonds. The second-order valence-corrected chi connectivity index (χ2v) is 6.58. The number of benzene rings is 2. The first-order valence-corrected chi connectivity index (χ1v) is 8.40. The lowest BCUT2D eigenvalue weighted by Gasteiger charge is -2.10. The summed E-state index contributed by atoms with van der Waals surface area (Å²) in [5.74, 6) is -0.281. The summed E-state index contributed by atoms with van der Waals surface area (Å²) in [7, 11) is 1.63. The number of hydrogen-bond donors (Lipinski definition) is 0. The lowest BCUT2D eigenvalue weighted by Crippen LogP contribution is -2.23. The van der Waals surface area contributed by atoms with Gasteiger partial charge in [-0.1, -0.05) is 41.1 Å². The minimum Gasteiger partial charge on any atom is -0.288 e. The number of nitro groups is 1. The van der Waals surface area contributed by atoms with Crippen LogP contribution < -0.4 is 4.90 Å². The summed E-state index contributed by atoms with van der Waals surface area (Å²) in [5.41, 5.74) is 1.15. The Kier molecular flexibility index (Phi) is 4.78. The summed E-state index contributed by atoms with van der Waals surface area (Å²) in [6, 6.07) is 12.0. The predicted molar refractivity (Wildman–Crippen MR) is 100 cm³/mol. The van der Waals surface area contributed by atoms with E-state index >= 15 is 0 Å². The van der Waals surface area contributed by atoms with Gasteiger partial charge in [0, 0.05) is 19.2 Å². The summed E-state index contributed by atoms with van der Waals surface area (Å²) >= 11 is 7.19. The van der Waals surface area contributed by atoms with E-state index in [0.717, 1.165) is 10.2 Å². The van der Waals surface area contributed by atoms with Gasteiger partial charge in [0.2, 0.25) is 0 Å². The second-order valence-electron chi connectivity index (χ2n) is 5.16. The average molecular weight is 374 g/mol. The first kappa shape index (κ1) is 17.1. The third kappa shape index (κ3) is 3.67. The van der Waals surface area contributed by atoms with E-state index in [9.17, 15) is 14.9 Å². The number of likely N-dealkylation sites (N-methyl/N-ethyl adjacent to an activating group) is 1. The van der Waals surface area contributed by atoms with Crippen molar-refractivity contribution >= 4 is 56.0 Å². The Balaban J connectivity index is 1.80. The monoisotopic (exact) mass is 373 g/mol. The van der Waals surface area contributed by atoms with E-state index < -0.39 is 4.92 Å². The summed E-state index contributed by atoms with van der Waals surface area (Å²) in [6.07, 6.45) is 2.86. The molecule has 0 aliphatic carbocycles. The Bertz CT molecular complexity index is 967. The number of carbonyl (C=O) groups is 1. The van der Waals surface area contributed by atoms with Gasteiger partial charge in [0.25, 0.3) is 11.6 Å². The van der Waals surface area contributed by atoms with Crippen LogP contribution in [0.2, 0.25) is 5.02 Å². The molecule has 0 bridgehead atoms. The fourth-order valence-electron chi connectivity index (χ4n) is 2.15. The maximum atomic E-state index is 12.3. The zero-order valence-electron chi connectivity index (χ0n) is 13.0. The van der Waals surface area contributed by atoms with Crippen LogP contribution in [0, 0.1) is 10.1 Å². The lowest BCUT2D eigenvalue weighted by molar-refractivity contribution is -0.384. The molecule has 3 rings (SSSR count). The van der Waals surface area contributed by atoms with Crippen LogP contribution in [0.5, 0.6) is 0 Å². The van der Waals surface area contributed by atoms with Crippen LogP contribution in [0.3, 0.4) is 0 Å². The molecule has 8 heteroatoms. The molecular weight excluding hydrogens is 362 g/mol. The van der Waals surface area contributed by atoms with Crippen molar-refractivity contribution in [2.45, 2.75) is 0 Å². The number of aromatic nitrogens is 1. The number of thiazole rings is 1. The highest BCUT2D eigenvalue weighted by atomic mass is 35.5. The lowest BCUT2D eigenvalue weighted by atomic mass is 10.2. The van der Waals surface area contributed by atoms with Crippen molar-refractivity contribution in [3.05, 3.63) is 69.2 Å². The number of carbonyl (C=O) groups excluding carboxylic acids is 1. The smallest absolute Gasteiger partial charge is 0.288 e. The number of para-hydroxylation sites is 1. The molecule has 6 nitrogen and oxygen atoms in total. The highest BCUT2D eigenvalue weighted by Crippen LogP contribution is 2.28. The molecule has 0 saturated heterocycles. The number of halogens is 1. The zero-order valence-corrected chi connectivity index (χ0v) is 14.6. The maximum absolute atomic E-state index is 12.3. The summed E-state index contributed by atoms with van der Waals surface area (Å²) < 4.78 is 0.995. The van der Waals surface area contributed by atoms with Gasteiger partial charge in [0.05, 0.1) is 15.1 Å². The molecule has 0 N–H and O–H groups in total. The van der Waals surface area contributed by atoms with E-state index in [1.54, 1.807) is 13.1 Å². The van der Waals surface area contributed by atoms with Crippen molar-refractivity contribution in [3.8, 4) is 0 Å². The van der Waals surface area contributed by atoms with Gasteiger partial charge >= 0.3 is 0 Å². The molecule has 0 spiro atoms. The van der Waals surface area contributed by atoms with E-state index in [1.807, 2.05) is 24.3 Å². The molecule has 1 aromatic heterocycles. The Labute approximate surface area is 152 Å². The van der Waals surface area contributed by atoms with Gasteiger partial charge in [0.15, 0.2) is 5.13 Å². The molecule has 126 valence electrons.